The van der Waals surface area contributed by atoms with Gasteiger partial charge < -0.3 is 9.16 Å². The van der Waals surface area contributed by atoms with Crippen molar-refractivity contribution < 1.29 is 18.8 Å². The van der Waals surface area contributed by atoms with Crippen molar-refractivity contribution in [3.8, 4) is 0 Å². The van der Waals surface area contributed by atoms with E-state index in [9.17, 15) is 9.59 Å². The first kappa shape index (κ1) is 14.0. The minimum Gasteiger partial charge on any atom is -0.420 e. The van der Waals surface area contributed by atoms with E-state index in [2.05, 4.69) is 17.8 Å². The maximum Gasteiger partial charge on any atom is 0.347 e. The number of hydrogen-bond acceptors (Lipinski definition) is 4. The van der Waals surface area contributed by atoms with Crippen molar-refractivity contribution in [2.24, 2.45) is 0 Å². The fourth-order valence-electron chi connectivity index (χ4n) is 2.22. The van der Waals surface area contributed by atoms with Gasteiger partial charge in [0, 0.05) is 7.11 Å². The van der Waals surface area contributed by atoms with E-state index in [1.54, 1.807) is 19.2 Å². The number of aryl methyl sites for hydroxylation is 1. The van der Waals surface area contributed by atoms with Gasteiger partial charge in [-0.15, -0.1) is 0 Å². The average molecular weight is 278 g/mol. The largest absolute Gasteiger partial charge is 0.420 e. The zero-order chi connectivity index (χ0) is 14.0. The van der Waals surface area contributed by atoms with Gasteiger partial charge in [-0.2, -0.15) is 0 Å². The molecule has 19 heavy (non-hydrogen) atoms. The number of benzene rings is 1. The summed E-state index contributed by atoms with van der Waals surface area (Å²) in [4.78, 5) is 23.1. The molecule has 0 saturated heterocycles. The number of esters is 2. The van der Waals surface area contributed by atoms with Crippen molar-refractivity contribution in [2.75, 3.05) is 7.11 Å². The number of carbonyl (C=O) groups excluding carboxylic acids is 2. The Kier molecular flexibility index (Phi) is 3.87. The lowest BCUT2D eigenvalue weighted by molar-refractivity contribution is 0.0443. The highest BCUT2D eigenvalue weighted by Crippen LogP contribution is 2.25. The molecule has 102 valence electrons. The Morgan fingerprint density at radius 2 is 1.95 bits per heavy atom. The molecule has 0 radical (unpaired) electrons. The number of carbonyl (C=O) groups is 2. The molecule has 1 aliphatic rings. The van der Waals surface area contributed by atoms with E-state index in [4.69, 9.17) is 4.43 Å². The predicted molar refractivity (Wildman–Crippen MR) is 73.8 cm³/mol. The van der Waals surface area contributed by atoms with Crippen LogP contribution >= 0.6 is 0 Å². The molecule has 1 heterocycles. The van der Waals surface area contributed by atoms with Gasteiger partial charge in [0.2, 0.25) is 0 Å². The second-order valence-electron chi connectivity index (χ2n) is 5.33. The van der Waals surface area contributed by atoms with E-state index in [0.717, 1.165) is 24.4 Å². The third kappa shape index (κ3) is 2.93. The van der Waals surface area contributed by atoms with Crippen molar-refractivity contribution in [2.45, 2.75) is 32.0 Å². The third-order valence-electron chi connectivity index (χ3n) is 3.54. The minimum atomic E-state index is -1.57. The van der Waals surface area contributed by atoms with Crippen LogP contribution in [0.2, 0.25) is 19.1 Å². The molecule has 0 N–H and O–H groups in total. The molecule has 0 amide bonds. The summed E-state index contributed by atoms with van der Waals surface area (Å²) in [6, 6.07) is 6.35. The summed E-state index contributed by atoms with van der Waals surface area (Å²) in [5.74, 6) is -1.05. The smallest absolute Gasteiger partial charge is 0.347 e. The zero-order valence-electron chi connectivity index (χ0n) is 11.5. The Bertz CT molecular complexity index is 522. The fourth-order valence-corrected chi connectivity index (χ4v) is 3.45. The molecule has 0 atom stereocenters. The predicted octanol–water partition coefficient (Wildman–Crippen LogP) is 2.78. The van der Waals surface area contributed by atoms with Crippen molar-refractivity contribution in [3.63, 3.8) is 0 Å². The fraction of sp³-hybridized carbons (Fsp3) is 0.429. The third-order valence-corrected chi connectivity index (χ3v) is 6.20. The lowest BCUT2D eigenvalue weighted by Gasteiger charge is -2.19. The first-order chi connectivity index (χ1) is 8.94. The minimum absolute atomic E-state index is 0.394. The van der Waals surface area contributed by atoms with E-state index in [0.29, 0.717) is 11.1 Å². The first-order valence-corrected chi connectivity index (χ1v) is 9.50. The Hall–Kier alpha value is -1.46. The molecule has 1 aromatic rings. The molecule has 2 rings (SSSR count). The highest BCUT2D eigenvalue weighted by molar-refractivity contribution is 6.71. The highest BCUT2D eigenvalue weighted by Gasteiger charge is 2.31. The average Bonchev–Trinajstić information content (AvgIpc) is 2.66. The molecule has 5 heteroatoms. The summed E-state index contributed by atoms with van der Waals surface area (Å²) in [5, 5.41) is 0. The van der Waals surface area contributed by atoms with Crippen LogP contribution in [0.25, 0.3) is 0 Å². The standard InChI is InChI=1S/C14H18O4Si/c1-17-19(2,3)9-5-7-10-6-4-8-11-12(10)14(16)18-13(11)15/h4,6,8H,5,7,9H2,1-3H3. The van der Waals surface area contributed by atoms with Gasteiger partial charge in [0.25, 0.3) is 0 Å². The second-order valence-corrected chi connectivity index (χ2v) is 9.76. The molecule has 0 aromatic heterocycles. The Labute approximate surface area is 113 Å². The van der Waals surface area contributed by atoms with Gasteiger partial charge in [0.15, 0.2) is 8.32 Å². The van der Waals surface area contributed by atoms with Crippen LogP contribution in [0.1, 0.15) is 32.7 Å². The Morgan fingerprint density at radius 3 is 2.63 bits per heavy atom. The van der Waals surface area contributed by atoms with E-state index < -0.39 is 20.3 Å². The van der Waals surface area contributed by atoms with E-state index in [1.807, 2.05) is 6.07 Å². The summed E-state index contributed by atoms with van der Waals surface area (Å²) >= 11 is 0. The normalized spacial score (nSPS) is 14.5. The maximum atomic E-state index is 11.7. The molecule has 0 aliphatic carbocycles. The molecule has 4 nitrogen and oxygen atoms in total. The molecule has 0 fully saturated rings. The van der Waals surface area contributed by atoms with Crippen LogP contribution in [-0.2, 0) is 15.6 Å². The van der Waals surface area contributed by atoms with Crippen LogP contribution in [0.4, 0.5) is 0 Å². The highest BCUT2D eigenvalue weighted by atomic mass is 28.4. The summed E-state index contributed by atoms with van der Waals surface area (Å²) in [5.41, 5.74) is 1.74. The van der Waals surface area contributed by atoms with Crippen LogP contribution in [0, 0.1) is 0 Å². The number of hydrogen-bond donors (Lipinski definition) is 0. The second kappa shape index (κ2) is 5.26. The van der Waals surface area contributed by atoms with Crippen LogP contribution in [0.15, 0.2) is 18.2 Å². The van der Waals surface area contributed by atoms with E-state index >= 15 is 0 Å². The van der Waals surface area contributed by atoms with E-state index in [-0.39, 0.29) is 0 Å². The van der Waals surface area contributed by atoms with Gasteiger partial charge >= 0.3 is 11.9 Å². The van der Waals surface area contributed by atoms with Gasteiger partial charge in [-0.1, -0.05) is 12.1 Å². The lowest BCUT2D eigenvalue weighted by Crippen LogP contribution is -2.28. The molecular formula is C14H18O4Si. The first-order valence-electron chi connectivity index (χ1n) is 6.38. The molecule has 0 unspecified atom stereocenters. The summed E-state index contributed by atoms with van der Waals surface area (Å²) in [7, 11) is 0.182. The maximum absolute atomic E-state index is 11.7. The van der Waals surface area contributed by atoms with Gasteiger partial charge in [-0.05, 0) is 43.6 Å². The molecule has 1 aliphatic heterocycles. The van der Waals surface area contributed by atoms with Crippen LogP contribution in [0.3, 0.4) is 0 Å². The summed E-state index contributed by atoms with van der Waals surface area (Å²) < 4.78 is 10.1. The van der Waals surface area contributed by atoms with E-state index in [1.165, 1.54) is 0 Å². The number of ether oxygens (including phenoxy) is 1. The Balaban J connectivity index is 2.11. The van der Waals surface area contributed by atoms with Gasteiger partial charge in [0.05, 0.1) is 11.1 Å². The molecule has 1 aromatic carbocycles. The molecule has 0 spiro atoms. The van der Waals surface area contributed by atoms with Crippen molar-refractivity contribution in [1.29, 1.82) is 0 Å². The number of fused-ring (bicyclic) bond motifs is 1. The van der Waals surface area contributed by atoms with Crippen molar-refractivity contribution >= 4 is 20.3 Å². The van der Waals surface area contributed by atoms with Gasteiger partial charge in [0.1, 0.15) is 0 Å². The number of rotatable bonds is 5. The van der Waals surface area contributed by atoms with Crippen molar-refractivity contribution in [3.05, 3.63) is 34.9 Å². The number of cyclic esters (lactones) is 2. The molecule has 0 bridgehead atoms. The van der Waals surface area contributed by atoms with Crippen LogP contribution in [0.5, 0.6) is 0 Å². The molecule has 0 saturated carbocycles. The zero-order valence-corrected chi connectivity index (χ0v) is 12.5. The summed E-state index contributed by atoms with van der Waals surface area (Å²) in [6.45, 7) is 4.33. The van der Waals surface area contributed by atoms with Gasteiger partial charge in [-0.25, -0.2) is 9.59 Å². The Morgan fingerprint density at radius 1 is 1.21 bits per heavy atom. The van der Waals surface area contributed by atoms with Crippen LogP contribution < -0.4 is 0 Å². The quantitative estimate of drug-likeness (QED) is 0.472. The summed E-state index contributed by atoms with van der Waals surface area (Å²) in [6.07, 6.45) is 1.72. The van der Waals surface area contributed by atoms with Gasteiger partial charge in [-0.3, -0.25) is 0 Å². The molecular weight excluding hydrogens is 260 g/mol. The van der Waals surface area contributed by atoms with Crippen LogP contribution in [-0.4, -0.2) is 27.4 Å². The monoisotopic (exact) mass is 278 g/mol. The topological polar surface area (TPSA) is 52.6 Å². The SMILES string of the molecule is CO[Si](C)(C)CCCc1cccc2c1C(=O)OC2=O. The van der Waals surface area contributed by atoms with Crippen molar-refractivity contribution in [1.82, 2.24) is 0 Å². The lowest BCUT2D eigenvalue weighted by atomic mass is 9.99.